The molecule has 1 radical (unpaired) electrons. The minimum atomic E-state index is -0.337. The molecule has 0 spiro atoms. The third-order valence-electron chi connectivity index (χ3n) is 10.5. The van der Waals surface area contributed by atoms with Crippen LogP contribution in [0.2, 0.25) is 0 Å². The van der Waals surface area contributed by atoms with E-state index < -0.39 is 0 Å². The Kier molecular flexibility index (Phi) is 13.6. The van der Waals surface area contributed by atoms with E-state index in [0.29, 0.717) is 5.92 Å². The van der Waals surface area contributed by atoms with E-state index in [2.05, 4.69) is 95.3 Å². The zero-order valence-electron chi connectivity index (χ0n) is 31.5. The van der Waals surface area contributed by atoms with Crippen LogP contribution >= 0.6 is 11.3 Å². The minimum Gasteiger partial charge on any atom is -0.512 e. The Balaban J connectivity index is 0.000000312. The Morgan fingerprint density at radius 2 is 1.49 bits per heavy atom. The van der Waals surface area contributed by atoms with Crippen molar-refractivity contribution in [2.24, 2.45) is 16.7 Å². The fourth-order valence-corrected chi connectivity index (χ4v) is 7.46. The number of aromatic nitrogens is 1. The Labute approximate surface area is 313 Å². The number of fused-ring (bicyclic) bond motifs is 4. The monoisotopic (exact) mass is 855 g/mol. The molecule has 5 aromatic rings. The molecule has 0 amide bonds. The number of thiophene rings is 1. The van der Waals surface area contributed by atoms with Crippen LogP contribution in [0.1, 0.15) is 113 Å². The van der Waals surface area contributed by atoms with E-state index in [0.717, 1.165) is 48.7 Å². The molecule has 5 rings (SSSR count). The van der Waals surface area contributed by atoms with Gasteiger partial charge in [-0.1, -0.05) is 117 Å². The Morgan fingerprint density at radius 3 is 2.08 bits per heavy atom. The summed E-state index contributed by atoms with van der Waals surface area (Å²) in [5.41, 5.74) is 4.33. The van der Waals surface area contributed by atoms with E-state index >= 15 is 0 Å². The molecule has 2 aromatic heterocycles. The molecule has 1 N–H and O–H groups in total. The third kappa shape index (κ3) is 8.91. The minimum absolute atomic E-state index is 0. The molecule has 0 unspecified atom stereocenters. The number of rotatable bonds is 10. The number of ketones is 1. The number of benzene rings is 3. The molecule has 49 heavy (non-hydrogen) atoms. The zero-order chi connectivity index (χ0) is 35.4. The first-order valence-electron chi connectivity index (χ1n) is 17.8. The van der Waals surface area contributed by atoms with Crippen molar-refractivity contribution in [3.8, 4) is 11.3 Å². The van der Waals surface area contributed by atoms with Gasteiger partial charge in [0.15, 0.2) is 5.78 Å². The van der Waals surface area contributed by atoms with Crippen molar-refractivity contribution >= 4 is 48.1 Å². The number of carbonyl (C=O) groups is 1. The van der Waals surface area contributed by atoms with Crippen LogP contribution in [0.15, 0.2) is 72.6 Å². The van der Waals surface area contributed by atoms with Gasteiger partial charge in [-0.25, -0.2) is 0 Å². The molecule has 0 bridgehead atoms. The summed E-state index contributed by atoms with van der Waals surface area (Å²) in [5.74, 6) is 0.945. The van der Waals surface area contributed by atoms with Crippen molar-refractivity contribution in [2.75, 3.05) is 0 Å². The molecule has 3 aromatic carbocycles. The van der Waals surface area contributed by atoms with Crippen molar-refractivity contribution in [2.45, 2.75) is 114 Å². The Morgan fingerprint density at radius 1 is 0.857 bits per heavy atom. The van der Waals surface area contributed by atoms with Gasteiger partial charge in [0, 0.05) is 58.3 Å². The number of hydrogen-bond acceptors (Lipinski definition) is 4. The summed E-state index contributed by atoms with van der Waals surface area (Å²) in [6, 6.07) is 23.7. The number of carbonyl (C=O) groups excluding carboxylic acids is 1. The molecule has 0 aliphatic carbocycles. The van der Waals surface area contributed by atoms with Crippen LogP contribution < -0.4 is 0 Å². The fourth-order valence-electron chi connectivity index (χ4n) is 6.20. The second-order valence-corrected chi connectivity index (χ2v) is 16.4. The Bertz CT molecular complexity index is 1920. The first kappa shape index (κ1) is 40.6. The summed E-state index contributed by atoms with van der Waals surface area (Å²) in [7, 11) is 0. The van der Waals surface area contributed by atoms with Gasteiger partial charge >= 0.3 is 0 Å². The van der Waals surface area contributed by atoms with Crippen LogP contribution in [-0.4, -0.2) is 15.9 Å². The number of aliphatic hydroxyl groups is 1. The van der Waals surface area contributed by atoms with Crippen LogP contribution in [-0.2, 0) is 36.7 Å². The standard InChI is InChI=1S/C29H28NS.C15H28O2.Ir/c1-18(2)14-19-10-11-23-24-12-13-30-27(28(24)31-26(23)15-19)21-16-20-8-6-7-9-22(20)25(17-21)29(3,4)5;1-7-14(5,8-2)12(16)11-13(17)15(6,9-3)10-4;/h6-13,15,17-18H,14H2,1-5H3;11,16H,7-10H2,1-6H3;/q-1;;/b;12-11-;. The topological polar surface area (TPSA) is 50.2 Å². The normalized spacial score (nSPS) is 12.7. The summed E-state index contributed by atoms with van der Waals surface area (Å²) in [5, 5.41) is 15.2. The van der Waals surface area contributed by atoms with Gasteiger partial charge in [-0.2, -0.15) is 0 Å². The molecule has 0 saturated carbocycles. The van der Waals surface area contributed by atoms with Gasteiger partial charge in [-0.3, -0.25) is 9.78 Å². The van der Waals surface area contributed by atoms with Crippen LogP contribution in [0.25, 0.3) is 42.2 Å². The maximum absolute atomic E-state index is 12.2. The molecular weight excluding hydrogens is 799 g/mol. The van der Waals surface area contributed by atoms with Crippen LogP contribution in [0.5, 0.6) is 0 Å². The van der Waals surface area contributed by atoms with Gasteiger partial charge in [0.25, 0.3) is 0 Å². The average Bonchev–Trinajstić information content (AvgIpc) is 3.44. The SMILES string of the molecule is CC(C)Cc1ccc2c(c1)sc1c(-c3[c-]c4ccccc4c(C(C)(C)C)c3)nccc12.CCC(C)(CC)C(=O)/C=C(\O)C(C)(CC)CC.[Ir]. The van der Waals surface area contributed by atoms with Crippen LogP contribution in [0.3, 0.4) is 0 Å². The number of pyridine rings is 1. The molecule has 0 aliphatic rings. The van der Waals surface area contributed by atoms with E-state index in [1.165, 1.54) is 42.8 Å². The molecule has 5 heteroatoms. The largest absolute Gasteiger partial charge is 0.512 e. The summed E-state index contributed by atoms with van der Waals surface area (Å²) < 4.78 is 2.60. The molecule has 0 aliphatic heterocycles. The summed E-state index contributed by atoms with van der Waals surface area (Å²) in [4.78, 5) is 17.0. The number of aliphatic hydroxyl groups excluding tert-OH is 1. The van der Waals surface area contributed by atoms with Gasteiger partial charge in [0.05, 0.1) is 0 Å². The van der Waals surface area contributed by atoms with Gasteiger partial charge in [0.1, 0.15) is 5.76 Å². The molecule has 0 saturated heterocycles. The smallest absolute Gasteiger partial charge is 0.164 e. The molecule has 2 heterocycles. The van der Waals surface area contributed by atoms with Crippen LogP contribution in [0.4, 0.5) is 0 Å². The maximum Gasteiger partial charge on any atom is 0.164 e. The quantitative estimate of drug-likeness (QED) is 0.0865. The van der Waals surface area contributed by atoms with Crippen molar-refractivity contribution in [3.63, 3.8) is 0 Å². The number of allylic oxidation sites excluding steroid dienone is 2. The van der Waals surface area contributed by atoms with Gasteiger partial charge in [-0.15, -0.1) is 40.5 Å². The second-order valence-electron chi connectivity index (χ2n) is 15.4. The van der Waals surface area contributed by atoms with Crippen molar-refractivity contribution < 1.29 is 30.0 Å². The number of hydrogen-bond donors (Lipinski definition) is 1. The summed E-state index contributed by atoms with van der Waals surface area (Å²) in [6.45, 7) is 23.5. The van der Waals surface area contributed by atoms with E-state index in [4.69, 9.17) is 4.98 Å². The fraction of sp³-hybridized carbons (Fsp3) is 0.455. The summed E-state index contributed by atoms with van der Waals surface area (Å²) >= 11 is 1.86. The third-order valence-corrected chi connectivity index (χ3v) is 11.7. The predicted octanol–water partition coefficient (Wildman–Crippen LogP) is 13.2. The van der Waals surface area contributed by atoms with E-state index in [-0.39, 0.29) is 47.9 Å². The van der Waals surface area contributed by atoms with Crippen molar-refractivity contribution in [1.82, 2.24) is 4.98 Å². The second kappa shape index (κ2) is 16.4. The summed E-state index contributed by atoms with van der Waals surface area (Å²) in [6.07, 6.45) is 7.82. The molecule has 3 nitrogen and oxygen atoms in total. The average molecular weight is 855 g/mol. The van der Waals surface area contributed by atoms with Gasteiger partial charge in [0.2, 0.25) is 0 Å². The Hall–Kier alpha value is -2.85. The predicted molar refractivity (Wildman–Crippen MR) is 209 cm³/mol. The first-order chi connectivity index (χ1) is 22.6. The van der Waals surface area contributed by atoms with Crippen molar-refractivity contribution in [1.29, 1.82) is 0 Å². The van der Waals surface area contributed by atoms with Gasteiger partial charge < -0.3 is 5.11 Å². The van der Waals surface area contributed by atoms with Gasteiger partial charge in [-0.05, 0) is 71.9 Å². The van der Waals surface area contributed by atoms with E-state index in [9.17, 15) is 9.90 Å². The van der Waals surface area contributed by atoms with Crippen LogP contribution in [0, 0.1) is 22.8 Å². The van der Waals surface area contributed by atoms with Crippen molar-refractivity contribution in [3.05, 3.63) is 89.8 Å². The van der Waals surface area contributed by atoms with E-state index in [1.54, 1.807) is 0 Å². The first-order valence-corrected chi connectivity index (χ1v) is 18.6. The zero-order valence-corrected chi connectivity index (χ0v) is 34.7. The molecule has 0 fully saturated rings. The van der Waals surface area contributed by atoms with E-state index in [1.807, 2.05) is 59.1 Å². The number of nitrogens with zero attached hydrogens (tertiary/aromatic N) is 1. The molecule has 265 valence electrons. The maximum atomic E-state index is 12.2. The molecule has 0 atom stereocenters. The molecular formula is C44H56IrNO2S-.